The molecule has 0 fully saturated rings. The van der Waals surface area contributed by atoms with Gasteiger partial charge in [0.25, 0.3) is 0 Å². The fraction of sp³-hybridized carbons (Fsp3) is 0. The van der Waals surface area contributed by atoms with Crippen LogP contribution in [0, 0.1) is 0 Å². The summed E-state index contributed by atoms with van der Waals surface area (Å²) in [5.41, 5.74) is 0. The maximum Gasteiger partial charge on any atom is 0.194 e. The van der Waals surface area contributed by atoms with Crippen LogP contribution in [-0.2, 0) is 9.84 Å². The molecule has 0 saturated carbocycles. The van der Waals surface area contributed by atoms with Crippen LogP contribution in [0.4, 0.5) is 0 Å². The van der Waals surface area contributed by atoms with Crippen molar-refractivity contribution in [1.82, 2.24) is 0 Å². The first kappa shape index (κ1) is 5.91. The third-order valence-electron chi connectivity index (χ3n) is 0.713. The van der Waals surface area contributed by atoms with Gasteiger partial charge in [-0.05, 0) is 6.08 Å². The van der Waals surface area contributed by atoms with Crippen LogP contribution in [0.15, 0.2) is 21.8 Å². The van der Waals surface area contributed by atoms with E-state index in [1.54, 1.807) is 0 Å². The minimum Gasteiger partial charge on any atom is -0.220 e. The molecule has 0 aromatic rings. The van der Waals surface area contributed by atoms with E-state index in [1.807, 2.05) is 0 Å². The fourth-order valence-electron chi connectivity index (χ4n) is 0.411. The summed E-state index contributed by atoms with van der Waals surface area (Å²) in [5.74, 6) is 0. The molecule has 0 amide bonds. The lowest BCUT2D eigenvalue weighted by Crippen LogP contribution is -1.81. The van der Waals surface area contributed by atoms with Crippen molar-refractivity contribution in [2.24, 2.45) is 0 Å². The Bertz CT molecular complexity index is 245. The first-order valence-corrected chi connectivity index (χ1v) is 4.00. The predicted octanol–water partition coefficient (Wildman–Crippen LogP) is 0.700. The van der Waals surface area contributed by atoms with Gasteiger partial charge in [-0.1, -0.05) is 0 Å². The summed E-state index contributed by atoms with van der Waals surface area (Å²) >= 11 is 3.80. The monoisotopic (exact) mass is 148 g/mol. The Labute approximate surface area is 53.2 Å². The van der Waals surface area contributed by atoms with Crippen molar-refractivity contribution in [2.75, 3.05) is 0 Å². The van der Waals surface area contributed by atoms with Crippen LogP contribution in [0.2, 0.25) is 0 Å². The van der Waals surface area contributed by atoms with Crippen LogP contribution in [-0.4, -0.2) is 8.42 Å². The van der Waals surface area contributed by atoms with Gasteiger partial charge in [0.2, 0.25) is 0 Å². The van der Waals surface area contributed by atoms with E-state index >= 15 is 0 Å². The van der Waals surface area contributed by atoms with Crippen molar-refractivity contribution in [3.63, 3.8) is 0 Å². The number of hydrogen-bond donors (Lipinski definition) is 1. The van der Waals surface area contributed by atoms with E-state index in [2.05, 4.69) is 12.6 Å². The zero-order chi connectivity index (χ0) is 6.20. The Balaban J connectivity index is 3.21. The molecule has 0 aromatic carbocycles. The second-order valence-corrected chi connectivity index (χ2v) is 3.64. The van der Waals surface area contributed by atoms with E-state index < -0.39 is 9.84 Å². The third-order valence-corrected chi connectivity index (χ3v) is 2.26. The van der Waals surface area contributed by atoms with Gasteiger partial charge in [-0.15, -0.1) is 12.6 Å². The molecule has 0 atom stereocenters. The van der Waals surface area contributed by atoms with Crippen LogP contribution in [0.25, 0.3) is 0 Å². The van der Waals surface area contributed by atoms with E-state index in [-0.39, 0.29) is 0 Å². The SMILES string of the molecule is O=S1(=O)C=CC(S)=C1. The smallest absolute Gasteiger partial charge is 0.194 e. The number of allylic oxidation sites excluding steroid dienone is 1. The summed E-state index contributed by atoms with van der Waals surface area (Å²) in [6.45, 7) is 0. The number of hydrogen-bond acceptors (Lipinski definition) is 3. The molecule has 1 heterocycles. The van der Waals surface area contributed by atoms with Crippen molar-refractivity contribution in [3.8, 4) is 0 Å². The first-order valence-electron chi connectivity index (χ1n) is 1.94. The van der Waals surface area contributed by atoms with Crippen LogP contribution in [0.5, 0.6) is 0 Å². The highest BCUT2D eigenvalue weighted by atomic mass is 32.2. The molecule has 1 rings (SSSR count). The Morgan fingerprint density at radius 1 is 1.50 bits per heavy atom. The molecule has 0 unspecified atom stereocenters. The van der Waals surface area contributed by atoms with Crippen molar-refractivity contribution in [3.05, 3.63) is 21.8 Å². The molecule has 0 N–H and O–H groups in total. The minimum atomic E-state index is -3.01. The average molecular weight is 148 g/mol. The zero-order valence-corrected chi connectivity index (χ0v) is 5.61. The number of sulfone groups is 1. The second kappa shape index (κ2) is 1.63. The lowest BCUT2D eigenvalue weighted by molar-refractivity contribution is 0.613. The molecule has 44 valence electrons. The number of rotatable bonds is 0. The summed E-state index contributed by atoms with van der Waals surface area (Å²) in [6.07, 6.45) is 1.44. The van der Waals surface area contributed by atoms with Gasteiger partial charge in [0.05, 0.1) is 0 Å². The molecule has 0 radical (unpaired) electrons. The minimum absolute atomic E-state index is 0.491. The molecular weight excluding hydrogens is 144 g/mol. The molecule has 0 spiro atoms. The topological polar surface area (TPSA) is 34.1 Å². The predicted molar refractivity (Wildman–Crippen MR) is 35.1 cm³/mol. The van der Waals surface area contributed by atoms with E-state index in [9.17, 15) is 8.42 Å². The highest BCUT2D eigenvalue weighted by Crippen LogP contribution is 2.14. The highest BCUT2D eigenvalue weighted by molar-refractivity contribution is 7.98. The Hall–Kier alpha value is -0.220. The molecule has 0 aliphatic carbocycles. The van der Waals surface area contributed by atoms with Crippen molar-refractivity contribution in [2.45, 2.75) is 0 Å². The third kappa shape index (κ3) is 1.14. The van der Waals surface area contributed by atoms with Crippen LogP contribution < -0.4 is 0 Å². The summed E-state index contributed by atoms with van der Waals surface area (Å²) < 4.78 is 20.9. The quantitative estimate of drug-likeness (QED) is 0.513. The molecule has 0 aromatic heterocycles. The van der Waals surface area contributed by atoms with Crippen LogP contribution >= 0.6 is 12.6 Å². The maximum atomic E-state index is 10.4. The van der Waals surface area contributed by atoms with Crippen LogP contribution in [0.3, 0.4) is 0 Å². The second-order valence-electron chi connectivity index (χ2n) is 1.43. The van der Waals surface area contributed by atoms with Gasteiger partial charge in [-0.25, -0.2) is 8.42 Å². The maximum absolute atomic E-state index is 10.4. The van der Waals surface area contributed by atoms with E-state index in [0.29, 0.717) is 4.91 Å². The molecule has 8 heavy (non-hydrogen) atoms. The van der Waals surface area contributed by atoms with Gasteiger partial charge in [0.15, 0.2) is 9.84 Å². The Morgan fingerprint density at radius 3 is 2.25 bits per heavy atom. The lowest BCUT2D eigenvalue weighted by atomic mass is 10.6. The largest absolute Gasteiger partial charge is 0.220 e. The normalized spacial score (nSPS) is 23.4. The summed E-state index contributed by atoms with van der Waals surface area (Å²) in [7, 11) is -3.01. The Kier molecular flexibility index (Phi) is 1.21. The molecule has 0 bridgehead atoms. The van der Waals surface area contributed by atoms with Gasteiger partial charge in [0.1, 0.15) is 0 Å². The summed E-state index contributed by atoms with van der Waals surface area (Å²) in [5, 5.41) is 2.23. The summed E-state index contributed by atoms with van der Waals surface area (Å²) in [6, 6.07) is 0. The van der Waals surface area contributed by atoms with Crippen LogP contribution in [0.1, 0.15) is 0 Å². The molecular formula is C4H4O2S2. The van der Waals surface area contributed by atoms with Crippen molar-refractivity contribution < 1.29 is 8.42 Å². The highest BCUT2D eigenvalue weighted by Gasteiger charge is 2.06. The first-order chi connectivity index (χ1) is 3.60. The van der Waals surface area contributed by atoms with E-state index in [1.165, 1.54) is 6.08 Å². The molecule has 2 nitrogen and oxygen atoms in total. The van der Waals surface area contributed by atoms with Crippen molar-refractivity contribution >= 4 is 22.5 Å². The zero-order valence-electron chi connectivity index (χ0n) is 3.90. The molecule has 1 aliphatic heterocycles. The fourth-order valence-corrected chi connectivity index (χ4v) is 1.86. The van der Waals surface area contributed by atoms with Gasteiger partial charge in [0, 0.05) is 15.7 Å². The molecule has 0 saturated heterocycles. The van der Waals surface area contributed by atoms with Gasteiger partial charge in [-0.2, -0.15) is 0 Å². The van der Waals surface area contributed by atoms with E-state index in [0.717, 1.165) is 10.8 Å². The lowest BCUT2D eigenvalue weighted by Gasteiger charge is -1.75. The molecule has 1 aliphatic rings. The van der Waals surface area contributed by atoms with Gasteiger partial charge < -0.3 is 0 Å². The van der Waals surface area contributed by atoms with E-state index in [4.69, 9.17) is 0 Å². The summed E-state index contributed by atoms with van der Waals surface area (Å²) in [4.78, 5) is 0.491. The van der Waals surface area contributed by atoms with Gasteiger partial charge >= 0.3 is 0 Å². The molecule has 4 heteroatoms. The Morgan fingerprint density at radius 2 is 2.12 bits per heavy atom. The standard InChI is InChI=1S/C4H4O2S2/c5-8(6)2-1-4(7)3-8/h1-3,7H. The van der Waals surface area contributed by atoms with Crippen molar-refractivity contribution in [1.29, 1.82) is 0 Å². The van der Waals surface area contributed by atoms with Gasteiger partial charge in [-0.3, -0.25) is 0 Å². The number of thiol groups is 1. The average Bonchev–Trinajstić information content (AvgIpc) is 1.82.